The molecule has 0 aliphatic heterocycles. The molecule has 0 heterocycles. The van der Waals surface area contributed by atoms with Gasteiger partial charge in [0, 0.05) is 12.5 Å². The standard InChI is InChI=1S/C28H34O5/c1-3-5-21-6-11-23(12-7-21)24-13-17-26(18-14-24)33-28(30)19-10-22-8-15-25(16-9-22)31-20-32-27(29)4-2/h4,8-9,13-18,21,23H,2-3,5-7,10-12,19-20H2,1H3. The highest BCUT2D eigenvalue weighted by Crippen LogP contribution is 2.37. The highest BCUT2D eigenvalue weighted by atomic mass is 16.7. The van der Waals surface area contributed by atoms with Gasteiger partial charge in [0.15, 0.2) is 0 Å². The van der Waals surface area contributed by atoms with Crippen LogP contribution in [-0.2, 0) is 20.7 Å². The Labute approximate surface area is 196 Å². The van der Waals surface area contributed by atoms with E-state index in [0.717, 1.165) is 17.6 Å². The Balaban J connectivity index is 1.39. The number of hydrogen-bond donors (Lipinski definition) is 0. The second-order valence-corrected chi connectivity index (χ2v) is 8.62. The Hall–Kier alpha value is -3.08. The fraction of sp³-hybridized carbons (Fsp3) is 0.429. The first kappa shape index (κ1) is 24.6. The van der Waals surface area contributed by atoms with Crippen LogP contribution in [0.1, 0.15) is 68.9 Å². The molecule has 1 aliphatic carbocycles. The Kier molecular flexibility index (Phi) is 9.55. The fourth-order valence-corrected chi connectivity index (χ4v) is 4.40. The number of carbonyl (C=O) groups is 2. The monoisotopic (exact) mass is 450 g/mol. The normalized spacial score (nSPS) is 17.7. The summed E-state index contributed by atoms with van der Waals surface area (Å²) in [6.45, 7) is 5.42. The summed E-state index contributed by atoms with van der Waals surface area (Å²) in [5, 5.41) is 0. The molecule has 0 spiro atoms. The van der Waals surface area contributed by atoms with Gasteiger partial charge >= 0.3 is 11.9 Å². The van der Waals surface area contributed by atoms with E-state index >= 15 is 0 Å². The number of rotatable bonds is 11. The molecular formula is C28H34O5. The molecule has 176 valence electrons. The molecule has 0 amide bonds. The van der Waals surface area contributed by atoms with Crippen molar-refractivity contribution < 1.29 is 23.8 Å². The topological polar surface area (TPSA) is 61.8 Å². The van der Waals surface area contributed by atoms with Gasteiger partial charge in [-0.15, -0.1) is 0 Å². The van der Waals surface area contributed by atoms with Gasteiger partial charge in [0.05, 0.1) is 0 Å². The second kappa shape index (κ2) is 12.8. The van der Waals surface area contributed by atoms with Crippen molar-refractivity contribution in [1.29, 1.82) is 0 Å². The summed E-state index contributed by atoms with van der Waals surface area (Å²) in [5.74, 6) is 1.92. The summed E-state index contributed by atoms with van der Waals surface area (Å²) in [4.78, 5) is 23.3. The predicted octanol–water partition coefficient (Wildman–Crippen LogP) is 6.36. The number of hydrogen-bond acceptors (Lipinski definition) is 5. The fourth-order valence-electron chi connectivity index (χ4n) is 4.40. The van der Waals surface area contributed by atoms with Crippen molar-refractivity contribution in [3.05, 3.63) is 72.3 Å². The van der Waals surface area contributed by atoms with E-state index in [9.17, 15) is 9.59 Å². The van der Waals surface area contributed by atoms with Crippen LogP contribution in [0.4, 0.5) is 0 Å². The molecule has 0 radical (unpaired) electrons. The first-order valence-corrected chi connectivity index (χ1v) is 11.9. The molecule has 2 aromatic carbocycles. The summed E-state index contributed by atoms with van der Waals surface area (Å²) in [5.41, 5.74) is 2.35. The minimum Gasteiger partial charge on any atom is -0.457 e. The molecule has 0 unspecified atom stereocenters. The summed E-state index contributed by atoms with van der Waals surface area (Å²) in [6, 6.07) is 15.3. The minimum atomic E-state index is -0.533. The lowest BCUT2D eigenvalue weighted by atomic mass is 9.77. The van der Waals surface area contributed by atoms with E-state index in [2.05, 4.69) is 25.6 Å². The molecule has 5 heteroatoms. The molecule has 2 aromatic rings. The maximum Gasteiger partial charge on any atom is 0.333 e. The first-order valence-electron chi connectivity index (χ1n) is 11.9. The van der Waals surface area contributed by atoms with Crippen LogP contribution >= 0.6 is 0 Å². The van der Waals surface area contributed by atoms with Crippen LogP contribution in [0.2, 0.25) is 0 Å². The number of ether oxygens (including phenoxy) is 3. The molecular weight excluding hydrogens is 416 g/mol. The van der Waals surface area contributed by atoms with Gasteiger partial charge in [0.1, 0.15) is 11.5 Å². The summed E-state index contributed by atoms with van der Waals surface area (Å²) >= 11 is 0. The largest absolute Gasteiger partial charge is 0.457 e. The molecule has 0 N–H and O–H groups in total. The maximum absolute atomic E-state index is 12.3. The molecule has 3 rings (SSSR count). The number of aryl methyl sites for hydroxylation is 1. The molecule has 0 atom stereocenters. The van der Waals surface area contributed by atoms with Gasteiger partial charge in [0.25, 0.3) is 0 Å². The zero-order valence-corrected chi connectivity index (χ0v) is 19.5. The van der Waals surface area contributed by atoms with E-state index in [4.69, 9.17) is 14.2 Å². The Morgan fingerprint density at radius 1 is 0.970 bits per heavy atom. The molecule has 33 heavy (non-hydrogen) atoms. The lowest BCUT2D eigenvalue weighted by molar-refractivity contribution is -0.144. The van der Waals surface area contributed by atoms with E-state index in [0.29, 0.717) is 30.3 Å². The molecule has 1 saturated carbocycles. The van der Waals surface area contributed by atoms with Gasteiger partial charge in [0.2, 0.25) is 6.79 Å². The number of esters is 2. The number of carbonyl (C=O) groups excluding carboxylic acids is 2. The Bertz CT molecular complexity index is 893. The van der Waals surface area contributed by atoms with Gasteiger partial charge in [-0.25, -0.2) is 4.79 Å². The van der Waals surface area contributed by atoms with Crippen molar-refractivity contribution in [2.45, 2.75) is 64.2 Å². The molecule has 0 aromatic heterocycles. The van der Waals surface area contributed by atoms with Gasteiger partial charge in [-0.1, -0.05) is 50.6 Å². The summed E-state index contributed by atoms with van der Waals surface area (Å²) in [7, 11) is 0. The quantitative estimate of drug-likeness (QED) is 0.172. The highest BCUT2D eigenvalue weighted by molar-refractivity contribution is 5.81. The average molecular weight is 451 g/mol. The van der Waals surface area contributed by atoms with Gasteiger partial charge in [-0.3, -0.25) is 4.79 Å². The molecule has 0 bridgehead atoms. The molecule has 5 nitrogen and oxygen atoms in total. The Morgan fingerprint density at radius 2 is 1.64 bits per heavy atom. The van der Waals surface area contributed by atoms with Crippen molar-refractivity contribution in [2.24, 2.45) is 5.92 Å². The zero-order valence-electron chi connectivity index (χ0n) is 19.5. The molecule has 1 aliphatic rings. The van der Waals surface area contributed by atoms with Crippen LogP contribution in [0.15, 0.2) is 61.2 Å². The zero-order chi connectivity index (χ0) is 23.5. The number of benzene rings is 2. The van der Waals surface area contributed by atoms with E-state index < -0.39 is 5.97 Å². The molecule has 0 saturated heterocycles. The van der Waals surface area contributed by atoms with Crippen molar-refractivity contribution in [2.75, 3.05) is 6.79 Å². The smallest absolute Gasteiger partial charge is 0.333 e. The lowest BCUT2D eigenvalue weighted by Gasteiger charge is -2.28. The maximum atomic E-state index is 12.3. The van der Waals surface area contributed by atoms with Crippen LogP contribution in [0.5, 0.6) is 11.5 Å². The summed E-state index contributed by atoms with van der Waals surface area (Å²) in [6.07, 6.45) is 9.75. The highest BCUT2D eigenvalue weighted by Gasteiger charge is 2.21. The lowest BCUT2D eigenvalue weighted by Crippen LogP contribution is -2.13. The minimum absolute atomic E-state index is 0.171. The van der Waals surface area contributed by atoms with E-state index in [1.807, 2.05) is 24.3 Å². The van der Waals surface area contributed by atoms with E-state index in [1.165, 1.54) is 44.1 Å². The van der Waals surface area contributed by atoms with Crippen molar-refractivity contribution in [3.63, 3.8) is 0 Å². The predicted molar refractivity (Wildman–Crippen MR) is 128 cm³/mol. The van der Waals surface area contributed by atoms with Gasteiger partial charge in [-0.05, 0) is 79.3 Å². The SMILES string of the molecule is C=CC(=O)OCOc1ccc(CCC(=O)Oc2ccc(C3CCC(CCC)CC3)cc2)cc1. The van der Waals surface area contributed by atoms with Gasteiger partial charge < -0.3 is 14.2 Å². The van der Waals surface area contributed by atoms with Crippen LogP contribution in [0, 0.1) is 5.92 Å². The third-order valence-corrected chi connectivity index (χ3v) is 6.26. The Morgan fingerprint density at radius 3 is 2.27 bits per heavy atom. The third kappa shape index (κ3) is 8.08. The molecule has 1 fully saturated rings. The van der Waals surface area contributed by atoms with Crippen molar-refractivity contribution in [1.82, 2.24) is 0 Å². The average Bonchev–Trinajstić information content (AvgIpc) is 2.84. The summed E-state index contributed by atoms with van der Waals surface area (Å²) < 4.78 is 15.6. The van der Waals surface area contributed by atoms with Crippen molar-refractivity contribution in [3.8, 4) is 11.5 Å². The van der Waals surface area contributed by atoms with Gasteiger partial charge in [-0.2, -0.15) is 0 Å². The third-order valence-electron chi connectivity index (χ3n) is 6.26. The van der Waals surface area contributed by atoms with Crippen LogP contribution in [-0.4, -0.2) is 18.7 Å². The van der Waals surface area contributed by atoms with Crippen molar-refractivity contribution >= 4 is 11.9 Å². The van der Waals surface area contributed by atoms with Crippen LogP contribution < -0.4 is 9.47 Å². The van der Waals surface area contributed by atoms with E-state index in [1.54, 1.807) is 12.1 Å². The van der Waals surface area contributed by atoms with Crippen LogP contribution in [0.25, 0.3) is 0 Å². The first-order chi connectivity index (χ1) is 16.1. The van der Waals surface area contributed by atoms with Crippen LogP contribution in [0.3, 0.4) is 0 Å². The second-order valence-electron chi connectivity index (χ2n) is 8.62. The van der Waals surface area contributed by atoms with E-state index in [-0.39, 0.29) is 12.8 Å².